The Morgan fingerprint density at radius 2 is 1.41 bits per heavy atom. The normalized spacial score (nSPS) is 10.1. The molecule has 0 fully saturated rings. The van der Waals surface area contributed by atoms with Gasteiger partial charge in [0.25, 0.3) is 0 Å². The van der Waals surface area contributed by atoms with Crippen LogP contribution in [-0.4, -0.2) is 11.8 Å². The van der Waals surface area contributed by atoms with Crippen molar-refractivity contribution in [1.82, 2.24) is 0 Å². The molecule has 6 heteroatoms. The molecule has 0 spiro atoms. The number of hydrogen-bond donors (Lipinski definition) is 4. The summed E-state index contributed by atoms with van der Waals surface area (Å²) in [6.07, 6.45) is 0. The van der Waals surface area contributed by atoms with Crippen molar-refractivity contribution in [1.29, 1.82) is 0 Å². The smallest absolute Gasteiger partial charge is 0.221 e. The summed E-state index contributed by atoms with van der Waals surface area (Å²) in [7, 11) is 0. The Balaban J connectivity index is 2.34. The van der Waals surface area contributed by atoms with Crippen LogP contribution in [0.3, 0.4) is 0 Å². The molecule has 0 aliphatic heterocycles. The van der Waals surface area contributed by atoms with Crippen LogP contribution in [0.1, 0.15) is 13.8 Å². The zero-order valence-corrected chi connectivity index (χ0v) is 12.4. The Morgan fingerprint density at radius 3 is 1.95 bits per heavy atom. The molecule has 0 saturated carbocycles. The molecule has 22 heavy (non-hydrogen) atoms. The first-order chi connectivity index (χ1) is 10.4. The van der Waals surface area contributed by atoms with E-state index in [1.54, 1.807) is 24.3 Å². The molecule has 0 aliphatic rings. The van der Waals surface area contributed by atoms with Gasteiger partial charge >= 0.3 is 0 Å². The van der Waals surface area contributed by atoms with Crippen LogP contribution in [0.15, 0.2) is 36.4 Å². The maximum Gasteiger partial charge on any atom is 0.221 e. The second-order valence-electron chi connectivity index (χ2n) is 4.93. The van der Waals surface area contributed by atoms with E-state index in [9.17, 15) is 9.59 Å². The van der Waals surface area contributed by atoms with Gasteiger partial charge in [-0.25, -0.2) is 0 Å². The van der Waals surface area contributed by atoms with Gasteiger partial charge in [-0.1, -0.05) is 18.2 Å². The van der Waals surface area contributed by atoms with Gasteiger partial charge in [-0.05, 0) is 23.8 Å². The van der Waals surface area contributed by atoms with Crippen LogP contribution in [0.2, 0.25) is 0 Å². The monoisotopic (exact) mass is 298 g/mol. The first kappa shape index (κ1) is 15.4. The molecule has 2 aromatic rings. The maximum absolute atomic E-state index is 11.1. The van der Waals surface area contributed by atoms with Crippen molar-refractivity contribution in [2.24, 2.45) is 0 Å². The molecule has 0 atom stereocenters. The number of anilines is 4. The Bertz CT molecular complexity index is 724. The number of rotatable bonds is 3. The quantitative estimate of drug-likeness (QED) is 0.652. The van der Waals surface area contributed by atoms with Gasteiger partial charge in [0.05, 0.1) is 17.1 Å². The van der Waals surface area contributed by atoms with Crippen LogP contribution in [0.5, 0.6) is 0 Å². The van der Waals surface area contributed by atoms with Crippen LogP contribution >= 0.6 is 0 Å². The van der Waals surface area contributed by atoms with E-state index in [1.165, 1.54) is 13.8 Å². The van der Waals surface area contributed by atoms with Crippen molar-refractivity contribution in [2.45, 2.75) is 13.8 Å². The van der Waals surface area contributed by atoms with Gasteiger partial charge in [0.1, 0.15) is 0 Å². The topological polar surface area (TPSA) is 110 Å². The van der Waals surface area contributed by atoms with Gasteiger partial charge in [0, 0.05) is 25.1 Å². The van der Waals surface area contributed by atoms with Crippen LogP contribution in [0, 0.1) is 0 Å². The highest BCUT2D eigenvalue weighted by atomic mass is 16.2. The second-order valence-corrected chi connectivity index (χ2v) is 4.93. The SMILES string of the molecule is CC(=O)Nc1ccc(-c2ccc(NC(C)=O)c(N)c2N)cc1. The number of carbonyl (C=O) groups excluding carboxylic acids is 2. The summed E-state index contributed by atoms with van der Waals surface area (Å²) in [5, 5.41) is 5.33. The molecular weight excluding hydrogens is 280 g/mol. The van der Waals surface area contributed by atoms with E-state index in [0.29, 0.717) is 22.7 Å². The molecular formula is C16H18N4O2. The lowest BCUT2D eigenvalue weighted by Crippen LogP contribution is -2.09. The highest BCUT2D eigenvalue weighted by Gasteiger charge is 2.10. The molecule has 0 unspecified atom stereocenters. The van der Waals surface area contributed by atoms with Gasteiger partial charge in [0.2, 0.25) is 11.8 Å². The van der Waals surface area contributed by atoms with Crippen LogP contribution in [-0.2, 0) is 9.59 Å². The lowest BCUT2D eigenvalue weighted by molar-refractivity contribution is -0.115. The number of amides is 2. The lowest BCUT2D eigenvalue weighted by atomic mass is 10.0. The number of nitrogen functional groups attached to an aromatic ring is 2. The standard InChI is InChI=1S/C16H18N4O2/c1-9(21)19-12-5-3-11(4-6-12)13-7-8-14(20-10(2)22)16(18)15(13)17/h3-8H,17-18H2,1-2H3,(H,19,21)(H,20,22). The van der Waals surface area contributed by atoms with Crippen molar-refractivity contribution in [3.8, 4) is 11.1 Å². The van der Waals surface area contributed by atoms with Gasteiger partial charge in [0.15, 0.2) is 0 Å². The molecule has 0 aromatic heterocycles. The molecule has 0 bridgehead atoms. The molecule has 0 heterocycles. The zero-order valence-electron chi connectivity index (χ0n) is 12.4. The minimum Gasteiger partial charge on any atom is -0.396 e. The third kappa shape index (κ3) is 3.35. The predicted molar refractivity (Wildman–Crippen MR) is 89.3 cm³/mol. The molecule has 6 nitrogen and oxygen atoms in total. The molecule has 6 N–H and O–H groups in total. The highest BCUT2D eigenvalue weighted by Crippen LogP contribution is 2.35. The number of hydrogen-bond acceptors (Lipinski definition) is 4. The van der Waals surface area contributed by atoms with Crippen molar-refractivity contribution >= 4 is 34.6 Å². The lowest BCUT2D eigenvalue weighted by Gasteiger charge is -2.13. The van der Waals surface area contributed by atoms with Crippen molar-refractivity contribution in [3.05, 3.63) is 36.4 Å². The molecule has 0 radical (unpaired) electrons. The van der Waals surface area contributed by atoms with Gasteiger partial charge < -0.3 is 22.1 Å². The van der Waals surface area contributed by atoms with E-state index in [0.717, 1.165) is 11.1 Å². The summed E-state index contributed by atoms with van der Waals surface area (Å²) >= 11 is 0. The minimum absolute atomic E-state index is 0.129. The Labute approximate surface area is 128 Å². The second kappa shape index (κ2) is 6.17. The van der Waals surface area contributed by atoms with Crippen LogP contribution in [0.25, 0.3) is 11.1 Å². The molecule has 0 saturated heterocycles. The Morgan fingerprint density at radius 1 is 0.818 bits per heavy atom. The van der Waals surface area contributed by atoms with E-state index < -0.39 is 0 Å². The molecule has 0 aliphatic carbocycles. The molecule has 2 amide bonds. The number of carbonyl (C=O) groups is 2. The Kier molecular flexibility index (Phi) is 4.31. The van der Waals surface area contributed by atoms with Gasteiger partial charge in [-0.15, -0.1) is 0 Å². The molecule has 114 valence electrons. The fourth-order valence-electron chi connectivity index (χ4n) is 2.12. The number of nitrogens with one attached hydrogen (secondary N) is 2. The summed E-state index contributed by atoms with van der Waals surface area (Å²) in [5.74, 6) is -0.338. The van der Waals surface area contributed by atoms with E-state index >= 15 is 0 Å². The summed E-state index contributed by atoms with van der Waals surface area (Å²) in [6.45, 7) is 2.86. The largest absolute Gasteiger partial charge is 0.396 e. The first-order valence-electron chi connectivity index (χ1n) is 6.72. The Hall–Kier alpha value is -3.02. The average molecular weight is 298 g/mol. The summed E-state index contributed by atoms with van der Waals surface area (Å²) in [4.78, 5) is 22.1. The number of nitrogens with two attached hydrogens (primary N) is 2. The first-order valence-corrected chi connectivity index (χ1v) is 6.72. The highest BCUT2D eigenvalue weighted by molar-refractivity contribution is 5.98. The van der Waals surface area contributed by atoms with Crippen LogP contribution in [0.4, 0.5) is 22.7 Å². The van der Waals surface area contributed by atoms with Crippen molar-refractivity contribution in [2.75, 3.05) is 22.1 Å². The fourth-order valence-corrected chi connectivity index (χ4v) is 2.12. The summed E-state index contributed by atoms with van der Waals surface area (Å²) in [5.41, 5.74) is 15.6. The summed E-state index contributed by atoms with van der Waals surface area (Å²) < 4.78 is 0. The van der Waals surface area contributed by atoms with E-state index in [2.05, 4.69) is 10.6 Å². The van der Waals surface area contributed by atoms with Crippen molar-refractivity contribution in [3.63, 3.8) is 0 Å². The van der Waals surface area contributed by atoms with Gasteiger partial charge in [-0.2, -0.15) is 0 Å². The maximum atomic E-state index is 11.1. The fraction of sp³-hybridized carbons (Fsp3) is 0.125. The average Bonchev–Trinajstić information content (AvgIpc) is 2.44. The minimum atomic E-state index is -0.210. The van der Waals surface area contributed by atoms with E-state index in [4.69, 9.17) is 11.5 Å². The third-order valence-electron chi connectivity index (χ3n) is 3.11. The van der Waals surface area contributed by atoms with E-state index in [1.807, 2.05) is 12.1 Å². The van der Waals surface area contributed by atoms with Crippen molar-refractivity contribution < 1.29 is 9.59 Å². The van der Waals surface area contributed by atoms with E-state index in [-0.39, 0.29) is 11.8 Å². The molecule has 2 aromatic carbocycles. The zero-order chi connectivity index (χ0) is 16.3. The van der Waals surface area contributed by atoms with Crippen LogP contribution < -0.4 is 22.1 Å². The predicted octanol–water partition coefficient (Wildman–Crippen LogP) is 2.43. The summed E-state index contributed by atoms with van der Waals surface area (Å²) in [6, 6.07) is 10.8. The third-order valence-corrected chi connectivity index (χ3v) is 3.11. The van der Waals surface area contributed by atoms with Gasteiger partial charge in [-0.3, -0.25) is 9.59 Å². The number of benzene rings is 2. The molecule has 2 rings (SSSR count).